The molecule has 0 radical (unpaired) electrons. The quantitative estimate of drug-likeness (QED) is 0.806. The van der Waals surface area contributed by atoms with Crippen molar-refractivity contribution in [1.29, 1.82) is 0 Å². The van der Waals surface area contributed by atoms with Gasteiger partial charge in [-0.15, -0.1) is 0 Å². The van der Waals surface area contributed by atoms with Gasteiger partial charge < -0.3 is 15.5 Å². The van der Waals surface area contributed by atoms with Crippen molar-refractivity contribution in [3.8, 4) is 0 Å². The number of nitrogens with zero attached hydrogens (tertiary/aromatic N) is 1. The normalized spacial score (nSPS) is 14.8. The van der Waals surface area contributed by atoms with Crippen molar-refractivity contribution < 1.29 is 18.0 Å². The van der Waals surface area contributed by atoms with Gasteiger partial charge in [0.05, 0.1) is 5.69 Å². The molecule has 0 atom stereocenters. The third-order valence-corrected chi connectivity index (χ3v) is 2.65. The summed E-state index contributed by atoms with van der Waals surface area (Å²) in [5.41, 5.74) is -0.117. The molecule has 1 fully saturated rings. The van der Waals surface area contributed by atoms with E-state index in [4.69, 9.17) is 0 Å². The zero-order chi connectivity index (χ0) is 13.1. The minimum absolute atomic E-state index is 0.117. The molecule has 0 bridgehead atoms. The third kappa shape index (κ3) is 2.66. The Bertz CT molecular complexity index is 467. The summed E-state index contributed by atoms with van der Waals surface area (Å²) >= 11 is 0. The van der Waals surface area contributed by atoms with Crippen LogP contribution in [0.1, 0.15) is 0 Å². The van der Waals surface area contributed by atoms with Crippen molar-refractivity contribution in [2.45, 2.75) is 0 Å². The van der Waals surface area contributed by atoms with E-state index >= 15 is 0 Å². The number of hydrogen-bond acceptors (Lipinski definition) is 2. The van der Waals surface area contributed by atoms with Gasteiger partial charge in [-0.25, -0.2) is 18.0 Å². The molecule has 18 heavy (non-hydrogen) atoms. The zero-order valence-electron chi connectivity index (χ0n) is 9.47. The Hall–Kier alpha value is -1.92. The lowest BCUT2D eigenvalue weighted by atomic mass is 10.3. The summed E-state index contributed by atoms with van der Waals surface area (Å²) in [6, 6.07) is 1.07. The fraction of sp³-hybridized carbons (Fsp3) is 0.364. The summed E-state index contributed by atoms with van der Waals surface area (Å²) < 4.78 is 38.8. The summed E-state index contributed by atoms with van der Waals surface area (Å²) in [7, 11) is 0. The second-order valence-electron chi connectivity index (χ2n) is 3.89. The topological polar surface area (TPSA) is 44.4 Å². The van der Waals surface area contributed by atoms with Crippen LogP contribution >= 0.6 is 0 Å². The van der Waals surface area contributed by atoms with Crippen LogP contribution in [-0.2, 0) is 0 Å². The molecule has 0 aliphatic carbocycles. The van der Waals surface area contributed by atoms with Gasteiger partial charge in [-0.3, -0.25) is 0 Å². The smallest absolute Gasteiger partial charge is 0.317 e. The van der Waals surface area contributed by atoms with E-state index in [9.17, 15) is 18.0 Å². The fourth-order valence-electron chi connectivity index (χ4n) is 1.71. The zero-order valence-corrected chi connectivity index (χ0v) is 9.47. The van der Waals surface area contributed by atoms with Crippen molar-refractivity contribution in [2.75, 3.05) is 31.5 Å². The summed E-state index contributed by atoms with van der Waals surface area (Å²) in [4.78, 5) is 12.7. The van der Waals surface area contributed by atoms with Crippen molar-refractivity contribution >= 4 is 11.7 Å². The average Bonchev–Trinajstić information content (AvgIpc) is 2.72. The Labute approximate surface area is 102 Å². The molecule has 2 rings (SSSR count). The van der Waals surface area contributed by atoms with Crippen molar-refractivity contribution in [3.05, 3.63) is 29.6 Å². The minimum atomic E-state index is -1.23. The summed E-state index contributed by atoms with van der Waals surface area (Å²) in [5, 5.41) is 5.25. The van der Waals surface area contributed by atoms with Crippen LogP contribution in [0.3, 0.4) is 0 Å². The Morgan fingerprint density at radius 3 is 2.61 bits per heavy atom. The molecule has 2 amide bonds. The maximum atomic E-state index is 13.2. The molecule has 1 heterocycles. The monoisotopic (exact) mass is 259 g/mol. The number of urea groups is 1. The number of anilines is 1. The minimum Gasteiger partial charge on any atom is -0.381 e. The van der Waals surface area contributed by atoms with Crippen LogP contribution in [0.15, 0.2) is 12.1 Å². The molecule has 2 N–H and O–H groups in total. The van der Waals surface area contributed by atoms with Gasteiger partial charge in [-0.2, -0.15) is 0 Å². The van der Waals surface area contributed by atoms with E-state index in [1.54, 1.807) is 4.90 Å². The molecule has 1 aromatic carbocycles. The Morgan fingerprint density at radius 1 is 1.22 bits per heavy atom. The maximum absolute atomic E-state index is 13.2. The molecular weight excluding hydrogens is 247 g/mol. The first kappa shape index (κ1) is 12.5. The van der Waals surface area contributed by atoms with Gasteiger partial charge in [0.1, 0.15) is 5.82 Å². The molecule has 0 saturated carbocycles. The molecule has 0 aromatic heterocycles. The van der Waals surface area contributed by atoms with Gasteiger partial charge in [0.15, 0.2) is 11.6 Å². The Morgan fingerprint density at radius 2 is 1.94 bits per heavy atom. The predicted molar refractivity (Wildman–Crippen MR) is 59.8 cm³/mol. The highest BCUT2D eigenvalue weighted by atomic mass is 19.2. The van der Waals surface area contributed by atoms with Crippen LogP contribution in [0.2, 0.25) is 0 Å². The molecule has 0 unspecified atom stereocenters. The number of carbonyl (C=O) groups is 1. The average molecular weight is 259 g/mol. The number of benzene rings is 1. The first-order valence-electron chi connectivity index (χ1n) is 5.49. The number of rotatable bonds is 4. The maximum Gasteiger partial charge on any atom is 0.317 e. The van der Waals surface area contributed by atoms with Gasteiger partial charge in [-0.05, 0) is 0 Å². The van der Waals surface area contributed by atoms with Crippen LogP contribution in [-0.4, -0.2) is 37.1 Å². The first-order chi connectivity index (χ1) is 8.58. The predicted octanol–water partition coefficient (Wildman–Crippen LogP) is 1.54. The summed E-state index contributed by atoms with van der Waals surface area (Å²) in [6.45, 7) is 1.79. The van der Waals surface area contributed by atoms with E-state index < -0.39 is 17.5 Å². The second-order valence-corrected chi connectivity index (χ2v) is 3.89. The molecule has 7 heteroatoms. The molecule has 0 spiro atoms. The number of amides is 2. The fourth-order valence-corrected chi connectivity index (χ4v) is 1.71. The van der Waals surface area contributed by atoms with Crippen LogP contribution in [0.5, 0.6) is 0 Å². The summed E-state index contributed by atoms with van der Waals surface area (Å²) in [6.07, 6.45) is 0. The molecule has 1 aliphatic heterocycles. The van der Waals surface area contributed by atoms with Gasteiger partial charge in [0, 0.05) is 38.3 Å². The van der Waals surface area contributed by atoms with E-state index in [0.717, 1.165) is 6.07 Å². The van der Waals surface area contributed by atoms with Crippen LogP contribution in [0, 0.1) is 17.5 Å². The lowest BCUT2D eigenvalue weighted by Gasteiger charge is -2.15. The van der Waals surface area contributed by atoms with Crippen LogP contribution in [0.25, 0.3) is 0 Å². The molecular formula is C11H12F3N3O. The highest BCUT2D eigenvalue weighted by molar-refractivity contribution is 5.76. The second kappa shape index (κ2) is 5.16. The Balaban J connectivity index is 1.90. The standard InChI is InChI=1S/C11H12F3N3O/c12-7-5-9(14)10(6-8(7)13)15-1-3-17-4-2-16-11(17)18/h5-6,15H,1-4H2,(H,16,18). The van der Waals surface area contributed by atoms with E-state index in [1.807, 2.05) is 0 Å². The lowest BCUT2D eigenvalue weighted by Crippen LogP contribution is -2.32. The van der Waals surface area contributed by atoms with E-state index in [1.165, 1.54) is 0 Å². The van der Waals surface area contributed by atoms with Crippen molar-refractivity contribution in [1.82, 2.24) is 10.2 Å². The highest BCUT2D eigenvalue weighted by Gasteiger charge is 2.18. The van der Waals surface area contributed by atoms with E-state index in [0.29, 0.717) is 25.7 Å². The molecule has 1 aliphatic rings. The van der Waals surface area contributed by atoms with E-state index in [2.05, 4.69) is 10.6 Å². The Kier molecular flexibility index (Phi) is 3.59. The molecule has 1 aromatic rings. The van der Waals surface area contributed by atoms with Gasteiger partial charge in [-0.1, -0.05) is 0 Å². The number of hydrogen-bond donors (Lipinski definition) is 2. The van der Waals surface area contributed by atoms with Crippen molar-refractivity contribution in [2.24, 2.45) is 0 Å². The van der Waals surface area contributed by atoms with Crippen molar-refractivity contribution in [3.63, 3.8) is 0 Å². The van der Waals surface area contributed by atoms with E-state index in [-0.39, 0.29) is 18.3 Å². The van der Waals surface area contributed by atoms with Crippen LogP contribution in [0.4, 0.5) is 23.7 Å². The number of nitrogens with one attached hydrogen (secondary N) is 2. The largest absolute Gasteiger partial charge is 0.381 e. The third-order valence-electron chi connectivity index (χ3n) is 2.65. The summed E-state index contributed by atoms with van der Waals surface area (Å²) in [5.74, 6) is -3.20. The van der Waals surface area contributed by atoms with Gasteiger partial charge >= 0.3 is 6.03 Å². The molecule has 4 nitrogen and oxygen atoms in total. The van der Waals surface area contributed by atoms with Crippen LogP contribution < -0.4 is 10.6 Å². The number of carbonyl (C=O) groups excluding carboxylic acids is 1. The van der Waals surface area contributed by atoms with Gasteiger partial charge in [0.25, 0.3) is 0 Å². The highest BCUT2D eigenvalue weighted by Crippen LogP contribution is 2.18. The lowest BCUT2D eigenvalue weighted by molar-refractivity contribution is 0.219. The SMILES string of the molecule is O=C1NCCN1CCNc1cc(F)c(F)cc1F. The van der Waals surface area contributed by atoms with Gasteiger partial charge in [0.2, 0.25) is 0 Å². The first-order valence-corrected chi connectivity index (χ1v) is 5.49. The molecule has 98 valence electrons. The molecule has 1 saturated heterocycles. The number of halogens is 3.